The average Bonchev–Trinajstić information content (AvgIpc) is 2.26. The molecule has 0 bridgehead atoms. The Balaban J connectivity index is 2.20. The summed E-state index contributed by atoms with van der Waals surface area (Å²) in [5, 5.41) is 3.43. The maximum absolute atomic E-state index is 5.16. The highest BCUT2D eigenvalue weighted by Gasteiger charge is 2.19. The summed E-state index contributed by atoms with van der Waals surface area (Å²) in [4.78, 5) is 0. The molecule has 0 saturated carbocycles. The molecule has 1 unspecified atom stereocenters. The molecule has 1 aromatic carbocycles. The molecule has 2 nitrogen and oxygen atoms in total. The van der Waals surface area contributed by atoms with Crippen molar-refractivity contribution in [2.75, 3.05) is 25.6 Å². The molecule has 1 aliphatic heterocycles. The molecular weight excluding hydrogens is 254 g/mol. The molecule has 1 N–H and O–H groups in total. The first-order valence-electron chi connectivity index (χ1n) is 5.33. The number of methoxy groups -OCH3 is 1. The molecular formula is C12H16BrNO. The molecule has 0 aromatic heterocycles. The van der Waals surface area contributed by atoms with Gasteiger partial charge in [0, 0.05) is 30.4 Å². The van der Waals surface area contributed by atoms with Gasteiger partial charge in [0.2, 0.25) is 0 Å². The van der Waals surface area contributed by atoms with E-state index in [0.717, 1.165) is 24.0 Å². The lowest BCUT2D eigenvalue weighted by atomic mass is 9.89. The van der Waals surface area contributed by atoms with Crippen LogP contribution in [-0.4, -0.2) is 20.3 Å². The van der Waals surface area contributed by atoms with Crippen LogP contribution in [0.15, 0.2) is 22.7 Å². The Bertz CT molecular complexity index is 340. The van der Waals surface area contributed by atoms with Gasteiger partial charge in [-0.1, -0.05) is 15.9 Å². The zero-order chi connectivity index (χ0) is 10.7. The van der Waals surface area contributed by atoms with Crippen LogP contribution in [0.5, 0.6) is 0 Å². The fourth-order valence-electron chi connectivity index (χ4n) is 2.13. The number of rotatable bonds is 3. The van der Waals surface area contributed by atoms with E-state index in [9.17, 15) is 0 Å². The van der Waals surface area contributed by atoms with E-state index in [0.29, 0.717) is 5.92 Å². The van der Waals surface area contributed by atoms with Crippen LogP contribution in [0.25, 0.3) is 0 Å². The molecule has 1 aromatic rings. The van der Waals surface area contributed by atoms with Crippen molar-refractivity contribution in [3.05, 3.63) is 28.2 Å². The third kappa shape index (κ3) is 2.52. The predicted molar refractivity (Wildman–Crippen MR) is 66.5 cm³/mol. The summed E-state index contributed by atoms with van der Waals surface area (Å²) in [6, 6.07) is 6.46. The number of anilines is 1. The molecule has 0 amide bonds. The topological polar surface area (TPSA) is 21.3 Å². The number of hydrogen-bond donors (Lipinski definition) is 1. The highest BCUT2D eigenvalue weighted by molar-refractivity contribution is 9.10. The summed E-state index contributed by atoms with van der Waals surface area (Å²) in [6.07, 6.45) is 2.31. The van der Waals surface area contributed by atoms with Gasteiger partial charge in [0.05, 0.1) is 0 Å². The van der Waals surface area contributed by atoms with Crippen LogP contribution in [-0.2, 0) is 4.74 Å². The van der Waals surface area contributed by atoms with E-state index < -0.39 is 0 Å². The minimum atomic E-state index is 0.638. The van der Waals surface area contributed by atoms with Crippen LogP contribution in [0.2, 0.25) is 0 Å². The number of benzene rings is 1. The van der Waals surface area contributed by atoms with Gasteiger partial charge in [-0.15, -0.1) is 0 Å². The Morgan fingerprint density at radius 1 is 1.53 bits per heavy atom. The lowest BCUT2D eigenvalue weighted by Gasteiger charge is -2.26. The van der Waals surface area contributed by atoms with Crippen molar-refractivity contribution in [2.24, 2.45) is 0 Å². The Morgan fingerprint density at radius 3 is 3.20 bits per heavy atom. The smallest absolute Gasteiger partial charge is 0.0468 e. The first kappa shape index (κ1) is 11.0. The standard InChI is InChI=1S/C12H16BrNO/c1-15-7-5-9-4-6-14-12-3-2-10(13)8-11(9)12/h2-3,8-9,14H,4-7H2,1H3. The highest BCUT2D eigenvalue weighted by Crippen LogP contribution is 2.35. The van der Waals surface area contributed by atoms with E-state index in [2.05, 4.69) is 39.4 Å². The van der Waals surface area contributed by atoms with Crippen LogP contribution in [0.1, 0.15) is 24.3 Å². The van der Waals surface area contributed by atoms with Gasteiger partial charge in [-0.2, -0.15) is 0 Å². The predicted octanol–water partition coefficient (Wildman–Crippen LogP) is 3.38. The van der Waals surface area contributed by atoms with Crippen molar-refractivity contribution in [3.63, 3.8) is 0 Å². The lowest BCUT2D eigenvalue weighted by Crippen LogP contribution is -2.17. The van der Waals surface area contributed by atoms with Crippen molar-refractivity contribution in [3.8, 4) is 0 Å². The fourth-order valence-corrected chi connectivity index (χ4v) is 2.51. The minimum Gasteiger partial charge on any atom is -0.385 e. The summed E-state index contributed by atoms with van der Waals surface area (Å²) >= 11 is 3.53. The third-order valence-corrected chi connectivity index (χ3v) is 3.43. The van der Waals surface area contributed by atoms with E-state index in [4.69, 9.17) is 4.74 Å². The summed E-state index contributed by atoms with van der Waals surface area (Å²) in [6.45, 7) is 1.92. The number of nitrogens with one attached hydrogen (secondary N) is 1. The van der Waals surface area contributed by atoms with Crippen molar-refractivity contribution >= 4 is 21.6 Å². The molecule has 3 heteroatoms. The second-order valence-corrected chi connectivity index (χ2v) is 4.84. The molecule has 82 valence electrons. The first-order valence-corrected chi connectivity index (χ1v) is 6.13. The summed E-state index contributed by atoms with van der Waals surface area (Å²) in [7, 11) is 1.77. The summed E-state index contributed by atoms with van der Waals surface area (Å²) in [5.41, 5.74) is 2.71. The number of fused-ring (bicyclic) bond motifs is 1. The number of ether oxygens (including phenoxy) is 1. The van der Waals surface area contributed by atoms with Crippen molar-refractivity contribution < 1.29 is 4.74 Å². The van der Waals surface area contributed by atoms with Gasteiger partial charge < -0.3 is 10.1 Å². The second kappa shape index (κ2) is 4.99. The van der Waals surface area contributed by atoms with Gasteiger partial charge >= 0.3 is 0 Å². The van der Waals surface area contributed by atoms with Gasteiger partial charge in [-0.3, -0.25) is 0 Å². The van der Waals surface area contributed by atoms with E-state index in [1.165, 1.54) is 17.7 Å². The van der Waals surface area contributed by atoms with E-state index >= 15 is 0 Å². The molecule has 0 aliphatic carbocycles. The largest absolute Gasteiger partial charge is 0.385 e. The minimum absolute atomic E-state index is 0.638. The Labute approximate surface area is 99.1 Å². The van der Waals surface area contributed by atoms with Crippen molar-refractivity contribution in [1.82, 2.24) is 0 Å². The molecule has 1 aliphatic rings. The molecule has 0 saturated heterocycles. The van der Waals surface area contributed by atoms with Gasteiger partial charge in [-0.05, 0) is 42.5 Å². The van der Waals surface area contributed by atoms with Crippen LogP contribution < -0.4 is 5.32 Å². The molecule has 15 heavy (non-hydrogen) atoms. The van der Waals surface area contributed by atoms with Gasteiger partial charge in [0.25, 0.3) is 0 Å². The fraction of sp³-hybridized carbons (Fsp3) is 0.500. The van der Waals surface area contributed by atoms with Crippen LogP contribution in [0.3, 0.4) is 0 Å². The third-order valence-electron chi connectivity index (χ3n) is 2.93. The van der Waals surface area contributed by atoms with E-state index in [-0.39, 0.29) is 0 Å². The summed E-state index contributed by atoms with van der Waals surface area (Å²) < 4.78 is 6.32. The monoisotopic (exact) mass is 269 g/mol. The lowest BCUT2D eigenvalue weighted by molar-refractivity contribution is 0.186. The Hall–Kier alpha value is -0.540. The SMILES string of the molecule is COCCC1CCNc2ccc(Br)cc21. The van der Waals surface area contributed by atoms with Gasteiger partial charge in [-0.25, -0.2) is 0 Å². The molecule has 0 radical (unpaired) electrons. The zero-order valence-electron chi connectivity index (χ0n) is 8.92. The molecule has 0 spiro atoms. The average molecular weight is 270 g/mol. The van der Waals surface area contributed by atoms with Crippen molar-refractivity contribution in [1.29, 1.82) is 0 Å². The Kier molecular flexibility index (Phi) is 3.65. The maximum Gasteiger partial charge on any atom is 0.0468 e. The molecule has 0 fully saturated rings. The molecule has 1 heterocycles. The quantitative estimate of drug-likeness (QED) is 0.909. The maximum atomic E-state index is 5.16. The molecule has 1 atom stereocenters. The number of hydrogen-bond acceptors (Lipinski definition) is 2. The second-order valence-electron chi connectivity index (χ2n) is 3.93. The van der Waals surface area contributed by atoms with Crippen LogP contribution in [0, 0.1) is 0 Å². The van der Waals surface area contributed by atoms with Gasteiger partial charge in [0.1, 0.15) is 0 Å². The number of halogens is 1. The van der Waals surface area contributed by atoms with E-state index in [1.807, 2.05) is 0 Å². The van der Waals surface area contributed by atoms with Crippen LogP contribution >= 0.6 is 15.9 Å². The Morgan fingerprint density at radius 2 is 2.40 bits per heavy atom. The highest BCUT2D eigenvalue weighted by atomic mass is 79.9. The summed E-state index contributed by atoms with van der Waals surface area (Å²) in [5.74, 6) is 0.638. The molecule has 2 rings (SSSR count). The van der Waals surface area contributed by atoms with E-state index in [1.54, 1.807) is 7.11 Å². The normalized spacial score (nSPS) is 19.5. The van der Waals surface area contributed by atoms with Crippen LogP contribution in [0.4, 0.5) is 5.69 Å². The first-order chi connectivity index (χ1) is 7.31. The van der Waals surface area contributed by atoms with Crippen molar-refractivity contribution in [2.45, 2.75) is 18.8 Å². The zero-order valence-corrected chi connectivity index (χ0v) is 10.5. The van der Waals surface area contributed by atoms with Gasteiger partial charge in [0.15, 0.2) is 0 Å².